The van der Waals surface area contributed by atoms with E-state index >= 15 is 0 Å². The number of hydrogen-bond acceptors (Lipinski definition) is 3. The van der Waals surface area contributed by atoms with Crippen molar-refractivity contribution in [1.82, 2.24) is 14.5 Å². The number of phenols is 1. The van der Waals surface area contributed by atoms with Crippen molar-refractivity contribution in [3.63, 3.8) is 0 Å². The summed E-state index contributed by atoms with van der Waals surface area (Å²) in [6, 6.07) is 56.0. The number of nitrogens with zero attached hydrogens (tertiary/aromatic N) is 3. The van der Waals surface area contributed by atoms with Gasteiger partial charge < -0.3 is 5.11 Å². The molecule has 0 bridgehead atoms. The summed E-state index contributed by atoms with van der Waals surface area (Å²) in [4.78, 5) is 10.7. The molecule has 5 heteroatoms. The number of benzene rings is 7. The summed E-state index contributed by atoms with van der Waals surface area (Å²) in [5.41, 5.74) is 17.4. The summed E-state index contributed by atoms with van der Waals surface area (Å²) in [5.74, 6) is 0.864. The average Bonchev–Trinajstić information content (AvgIpc) is 3.66. The Labute approximate surface area is 412 Å². The number of rotatable bonds is 6. The zero-order chi connectivity index (χ0) is 46.9. The van der Waals surface area contributed by atoms with Gasteiger partial charge in [0.25, 0.3) is 0 Å². The fourth-order valence-corrected chi connectivity index (χ4v) is 8.99. The first-order chi connectivity index (χ1) is 31.1. The first kappa shape index (κ1) is 47.4. The molecule has 0 spiro atoms. The fraction of sp³-hybridized carbons (Fsp3) is 0.258. The second kappa shape index (κ2) is 17.5. The third-order valence-electron chi connectivity index (χ3n) is 13.1. The molecule has 0 unspecified atom stereocenters. The van der Waals surface area contributed by atoms with Crippen LogP contribution in [0.25, 0.3) is 83.5 Å². The van der Waals surface area contributed by atoms with Gasteiger partial charge in [-0.2, -0.15) is 0 Å². The smallest absolute Gasteiger partial charge is 0.148 e. The number of pyridine rings is 1. The van der Waals surface area contributed by atoms with Crippen LogP contribution in [0.5, 0.6) is 5.75 Å². The van der Waals surface area contributed by atoms with E-state index in [-0.39, 0.29) is 48.5 Å². The number of hydrogen-bond donors (Lipinski definition) is 1. The molecule has 0 radical (unpaired) electrons. The number of phenolic OH excluding ortho intramolecular Hbond substituents is 1. The van der Waals surface area contributed by atoms with Crippen molar-refractivity contribution in [1.29, 1.82) is 0 Å². The van der Waals surface area contributed by atoms with E-state index in [0.29, 0.717) is 11.4 Å². The average molecular weight is 1060 g/mol. The molecule has 0 aliphatic rings. The van der Waals surface area contributed by atoms with Crippen molar-refractivity contribution < 1.29 is 26.2 Å². The van der Waals surface area contributed by atoms with Crippen LogP contribution >= 0.6 is 0 Å². The number of aromatic hydroxyl groups is 1. The van der Waals surface area contributed by atoms with E-state index in [1.807, 2.05) is 18.3 Å². The molecule has 342 valence electrons. The normalized spacial score (nSPS) is 12.4. The second-order valence-electron chi connectivity index (χ2n) is 22.1. The molecule has 0 aliphatic heterocycles. The van der Waals surface area contributed by atoms with Crippen molar-refractivity contribution in [3.05, 3.63) is 180 Å². The molecule has 0 saturated heterocycles. The van der Waals surface area contributed by atoms with Crippen LogP contribution in [0.1, 0.15) is 105 Å². The SMILES string of the molecule is CC(C)(C)c1ccc(-c2ccnc3c(-c4[c-]c(-c5cc(-c6ccccc6)cc6c5nc(-c5cc(C(C)(C)C)ccc5O)n6-c5ccc(C(C)(C)C)cc5)ccc4)cc(C(C)(C)C)cc23)cc1.[Pt]. The van der Waals surface area contributed by atoms with Gasteiger partial charge in [-0.25, -0.2) is 4.98 Å². The Hall–Kier alpha value is -6.09. The molecule has 0 fully saturated rings. The maximum Gasteiger partial charge on any atom is 0.148 e. The van der Waals surface area contributed by atoms with Crippen LogP contribution in [0.3, 0.4) is 0 Å². The molecule has 2 heterocycles. The molecular formula is C62H62N3OPt-. The van der Waals surface area contributed by atoms with Gasteiger partial charge in [0, 0.05) is 43.9 Å². The third kappa shape index (κ3) is 9.31. The Morgan fingerprint density at radius 3 is 1.60 bits per heavy atom. The van der Waals surface area contributed by atoms with Crippen molar-refractivity contribution in [2.75, 3.05) is 0 Å². The monoisotopic (exact) mass is 1060 g/mol. The van der Waals surface area contributed by atoms with Gasteiger partial charge in [0.2, 0.25) is 0 Å². The Kier molecular flexibility index (Phi) is 12.4. The van der Waals surface area contributed by atoms with Gasteiger partial charge in [0.05, 0.1) is 16.6 Å². The van der Waals surface area contributed by atoms with Crippen LogP contribution in [-0.2, 0) is 42.7 Å². The summed E-state index contributed by atoms with van der Waals surface area (Å²) in [7, 11) is 0. The van der Waals surface area contributed by atoms with Crippen LogP contribution in [0, 0.1) is 6.07 Å². The Bertz CT molecular complexity index is 3260. The van der Waals surface area contributed by atoms with Crippen LogP contribution in [-0.4, -0.2) is 19.6 Å². The first-order valence-electron chi connectivity index (χ1n) is 23.3. The van der Waals surface area contributed by atoms with Crippen molar-refractivity contribution in [3.8, 4) is 67.3 Å². The zero-order valence-electron chi connectivity index (χ0n) is 41.0. The zero-order valence-corrected chi connectivity index (χ0v) is 43.3. The summed E-state index contributed by atoms with van der Waals surface area (Å²) in [6.45, 7) is 26.9. The van der Waals surface area contributed by atoms with Gasteiger partial charge in [-0.05, 0) is 109 Å². The predicted octanol–water partition coefficient (Wildman–Crippen LogP) is 16.6. The van der Waals surface area contributed by atoms with Gasteiger partial charge in [-0.1, -0.05) is 179 Å². The number of aromatic nitrogens is 3. The minimum absolute atomic E-state index is 0. The molecule has 2 aromatic heterocycles. The summed E-state index contributed by atoms with van der Waals surface area (Å²) < 4.78 is 2.23. The predicted molar refractivity (Wildman–Crippen MR) is 279 cm³/mol. The van der Waals surface area contributed by atoms with Crippen LogP contribution in [0.4, 0.5) is 0 Å². The van der Waals surface area contributed by atoms with Gasteiger partial charge in [-0.15, -0.1) is 35.4 Å². The Balaban J connectivity index is 0.00000608. The van der Waals surface area contributed by atoms with Crippen molar-refractivity contribution >= 4 is 21.9 Å². The van der Waals surface area contributed by atoms with Crippen molar-refractivity contribution in [2.45, 2.75) is 105 Å². The van der Waals surface area contributed by atoms with Crippen molar-refractivity contribution in [2.24, 2.45) is 0 Å². The van der Waals surface area contributed by atoms with E-state index in [9.17, 15) is 5.11 Å². The van der Waals surface area contributed by atoms with E-state index in [0.717, 1.165) is 72.1 Å². The van der Waals surface area contributed by atoms with Gasteiger partial charge in [0.15, 0.2) is 0 Å². The first-order valence-corrected chi connectivity index (χ1v) is 23.3. The van der Waals surface area contributed by atoms with Gasteiger partial charge >= 0.3 is 0 Å². The molecule has 0 amide bonds. The van der Waals surface area contributed by atoms with E-state index in [1.165, 1.54) is 22.3 Å². The number of fused-ring (bicyclic) bond motifs is 2. The largest absolute Gasteiger partial charge is 0.507 e. The molecule has 9 rings (SSSR count). The molecule has 9 aromatic rings. The molecule has 0 atom stereocenters. The molecule has 4 nitrogen and oxygen atoms in total. The molecule has 67 heavy (non-hydrogen) atoms. The second-order valence-corrected chi connectivity index (χ2v) is 22.1. The standard InChI is InChI=1S/C62H62N3O.Pt/c1-59(2,3)44-23-21-40(22-24-44)49-31-32-63-56-51(37-47(38-52(49)56)62(10,11)12)42-20-16-19-41(33-42)50-34-43(39-17-14-13-15-18-39)35-54-57(50)64-58(53-36-46(61(7,8)9)27-30-55(53)66)65(54)48-28-25-45(26-29-48)60(4,5)6;/h13-32,34-38,66H,1-12H3;/q-1;. The van der Waals surface area contributed by atoms with Gasteiger partial charge in [-0.3, -0.25) is 9.55 Å². The molecule has 7 aromatic carbocycles. The van der Waals surface area contributed by atoms with E-state index in [2.05, 4.69) is 227 Å². The summed E-state index contributed by atoms with van der Waals surface area (Å²) in [5, 5.41) is 12.8. The third-order valence-corrected chi connectivity index (χ3v) is 13.1. The molecule has 0 saturated carbocycles. The minimum atomic E-state index is -0.143. The van der Waals surface area contributed by atoms with E-state index < -0.39 is 0 Å². The summed E-state index contributed by atoms with van der Waals surface area (Å²) in [6.07, 6.45) is 1.94. The topological polar surface area (TPSA) is 50.9 Å². The quantitative estimate of drug-likeness (QED) is 0.169. The minimum Gasteiger partial charge on any atom is -0.507 e. The summed E-state index contributed by atoms with van der Waals surface area (Å²) >= 11 is 0. The van der Waals surface area contributed by atoms with Crippen LogP contribution < -0.4 is 0 Å². The maximum absolute atomic E-state index is 11.7. The molecule has 0 aliphatic carbocycles. The molecule has 1 N–H and O–H groups in total. The van der Waals surface area contributed by atoms with E-state index in [4.69, 9.17) is 9.97 Å². The van der Waals surface area contributed by atoms with E-state index in [1.54, 1.807) is 0 Å². The molecular weight excluding hydrogens is 998 g/mol. The maximum atomic E-state index is 11.7. The fourth-order valence-electron chi connectivity index (χ4n) is 8.99. The van der Waals surface area contributed by atoms with Gasteiger partial charge in [0.1, 0.15) is 11.6 Å². The number of imidazole rings is 1. The van der Waals surface area contributed by atoms with Crippen LogP contribution in [0.15, 0.2) is 152 Å². The van der Waals surface area contributed by atoms with Crippen LogP contribution in [0.2, 0.25) is 0 Å². The Morgan fingerprint density at radius 1 is 0.448 bits per heavy atom. The Morgan fingerprint density at radius 2 is 1.00 bits per heavy atom.